The second kappa shape index (κ2) is 6.16. The zero-order valence-corrected chi connectivity index (χ0v) is 13.6. The molecular weight excluding hydrogens is 308 g/mol. The smallest absolute Gasteiger partial charge is 0.231 e. The molecule has 24 heavy (non-hydrogen) atoms. The lowest BCUT2D eigenvalue weighted by Gasteiger charge is -2.33. The van der Waals surface area contributed by atoms with Gasteiger partial charge in [0.25, 0.3) is 0 Å². The van der Waals surface area contributed by atoms with Gasteiger partial charge in [0.1, 0.15) is 0 Å². The molecule has 7 heteroatoms. The topological polar surface area (TPSA) is 68.6 Å². The molecule has 2 aliphatic rings. The Morgan fingerprint density at radius 3 is 3.08 bits per heavy atom. The van der Waals surface area contributed by atoms with Crippen molar-refractivity contribution >= 4 is 5.91 Å². The Bertz CT molecular complexity index is 758. The Labute approximate surface area is 140 Å². The Morgan fingerprint density at radius 2 is 2.21 bits per heavy atom. The number of carbonyl (C=O) groups is 1. The van der Waals surface area contributed by atoms with Crippen LogP contribution >= 0.6 is 0 Å². The monoisotopic (exact) mass is 328 g/mol. The average molecular weight is 328 g/mol. The van der Waals surface area contributed by atoms with Gasteiger partial charge in [-0.2, -0.15) is 5.10 Å². The molecule has 126 valence electrons. The minimum Gasteiger partial charge on any atom is -0.454 e. The minimum atomic E-state index is 0.0337. The fourth-order valence-electron chi connectivity index (χ4n) is 3.35. The highest BCUT2D eigenvalue weighted by molar-refractivity contribution is 5.76. The largest absolute Gasteiger partial charge is 0.454 e. The van der Waals surface area contributed by atoms with E-state index in [9.17, 15) is 4.79 Å². The van der Waals surface area contributed by atoms with Crippen molar-refractivity contribution in [3.63, 3.8) is 0 Å². The maximum Gasteiger partial charge on any atom is 0.231 e. The molecule has 1 N–H and O–H groups in total. The molecule has 1 atom stereocenters. The Balaban J connectivity index is 1.51. The molecule has 4 rings (SSSR count). The van der Waals surface area contributed by atoms with Gasteiger partial charge >= 0.3 is 0 Å². The fourth-order valence-corrected chi connectivity index (χ4v) is 3.35. The second-order valence-corrected chi connectivity index (χ2v) is 6.16. The van der Waals surface area contributed by atoms with Gasteiger partial charge in [0.2, 0.25) is 12.7 Å². The van der Waals surface area contributed by atoms with E-state index in [0.29, 0.717) is 6.42 Å². The highest BCUT2D eigenvalue weighted by Gasteiger charge is 2.27. The summed E-state index contributed by atoms with van der Waals surface area (Å²) in [5, 5.41) is 7.09. The van der Waals surface area contributed by atoms with Gasteiger partial charge in [-0.3, -0.25) is 14.4 Å². The molecule has 3 heterocycles. The number of aromatic nitrogens is 2. The average Bonchev–Trinajstić information content (AvgIpc) is 3.23. The lowest BCUT2D eigenvalue weighted by Crippen LogP contribution is -2.39. The number of fused-ring (bicyclic) bond motifs is 2. The van der Waals surface area contributed by atoms with Gasteiger partial charge < -0.3 is 14.8 Å². The zero-order valence-electron chi connectivity index (χ0n) is 13.6. The van der Waals surface area contributed by atoms with Gasteiger partial charge in [-0.25, -0.2) is 0 Å². The Hall–Kier alpha value is -2.54. The first-order valence-electron chi connectivity index (χ1n) is 8.07. The van der Waals surface area contributed by atoms with Crippen molar-refractivity contribution < 1.29 is 14.3 Å². The lowest BCUT2D eigenvalue weighted by molar-refractivity contribution is -0.121. The summed E-state index contributed by atoms with van der Waals surface area (Å²) in [5.41, 5.74) is 2.31. The van der Waals surface area contributed by atoms with E-state index in [-0.39, 0.29) is 18.7 Å². The van der Waals surface area contributed by atoms with Crippen molar-refractivity contribution in [1.29, 1.82) is 0 Å². The van der Waals surface area contributed by atoms with Crippen LogP contribution in [0.5, 0.6) is 11.5 Å². The van der Waals surface area contributed by atoms with Crippen LogP contribution in [0.15, 0.2) is 30.5 Å². The normalized spacial score (nSPS) is 19.1. The summed E-state index contributed by atoms with van der Waals surface area (Å²) in [7, 11) is 1.67. The SMILES string of the molecule is CNC(=O)CC1CN(Cc2ccc3c(c2)OCO3)Cc2ccnn21. The third kappa shape index (κ3) is 2.82. The Kier molecular flexibility index (Phi) is 3.86. The third-order valence-electron chi connectivity index (χ3n) is 4.50. The number of hydrogen-bond donors (Lipinski definition) is 1. The standard InChI is InChI=1S/C17H20N4O3/c1-18-17(22)7-14-10-20(9-13-4-5-19-21(13)14)8-12-2-3-15-16(6-12)24-11-23-15/h2-6,14H,7-11H2,1H3,(H,18,22). The molecule has 0 fully saturated rings. The van der Waals surface area contributed by atoms with Crippen LogP contribution in [0.1, 0.15) is 23.7 Å². The van der Waals surface area contributed by atoms with Crippen molar-refractivity contribution in [2.45, 2.75) is 25.6 Å². The molecule has 0 aliphatic carbocycles. The van der Waals surface area contributed by atoms with Gasteiger partial charge in [-0.15, -0.1) is 0 Å². The predicted octanol–water partition coefficient (Wildman–Crippen LogP) is 1.30. The van der Waals surface area contributed by atoms with E-state index in [1.165, 1.54) is 5.56 Å². The first-order chi connectivity index (χ1) is 11.7. The van der Waals surface area contributed by atoms with Crippen LogP contribution in [-0.2, 0) is 17.9 Å². The van der Waals surface area contributed by atoms with Crippen LogP contribution < -0.4 is 14.8 Å². The molecule has 0 saturated carbocycles. The van der Waals surface area contributed by atoms with Gasteiger partial charge in [-0.1, -0.05) is 6.07 Å². The fraction of sp³-hybridized carbons (Fsp3) is 0.412. The van der Waals surface area contributed by atoms with Crippen LogP contribution in [0.2, 0.25) is 0 Å². The molecule has 1 unspecified atom stereocenters. The third-order valence-corrected chi connectivity index (χ3v) is 4.50. The number of nitrogens with zero attached hydrogens (tertiary/aromatic N) is 3. The summed E-state index contributed by atoms with van der Waals surface area (Å²) in [4.78, 5) is 14.1. The summed E-state index contributed by atoms with van der Waals surface area (Å²) in [6.07, 6.45) is 2.24. The molecule has 2 aliphatic heterocycles. The van der Waals surface area contributed by atoms with E-state index < -0.39 is 0 Å². The molecule has 1 aromatic carbocycles. The predicted molar refractivity (Wildman–Crippen MR) is 86.6 cm³/mol. The van der Waals surface area contributed by atoms with Crippen molar-refractivity contribution in [1.82, 2.24) is 20.0 Å². The molecule has 1 aromatic heterocycles. The molecular formula is C17H20N4O3. The molecule has 0 saturated heterocycles. The quantitative estimate of drug-likeness (QED) is 0.916. The highest BCUT2D eigenvalue weighted by Crippen LogP contribution is 2.33. The number of carbonyl (C=O) groups excluding carboxylic acids is 1. The zero-order chi connectivity index (χ0) is 16.5. The van der Waals surface area contributed by atoms with E-state index in [1.807, 2.05) is 22.9 Å². The van der Waals surface area contributed by atoms with Gasteiger partial charge in [0.05, 0.1) is 18.2 Å². The molecule has 0 spiro atoms. The maximum absolute atomic E-state index is 11.8. The summed E-state index contributed by atoms with van der Waals surface area (Å²) in [5.74, 6) is 1.64. The molecule has 2 aromatic rings. The second-order valence-electron chi connectivity index (χ2n) is 6.16. The summed E-state index contributed by atoms with van der Waals surface area (Å²) >= 11 is 0. The van der Waals surface area contributed by atoms with E-state index in [1.54, 1.807) is 13.2 Å². The molecule has 0 radical (unpaired) electrons. The van der Waals surface area contributed by atoms with E-state index in [4.69, 9.17) is 9.47 Å². The molecule has 0 bridgehead atoms. The van der Waals surface area contributed by atoms with E-state index >= 15 is 0 Å². The van der Waals surface area contributed by atoms with Crippen LogP contribution in [0.4, 0.5) is 0 Å². The number of ether oxygens (including phenoxy) is 2. The van der Waals surface area contributed by atoms with Crippen molar-refractivity contribution in [3.05, 3.63) is 41.7 Å². The number of amides is 1. The highest BCUT2D eigenvalue weighted by atomic mass is 16.7. The van der Waals surface area contributed by atoms with Crippen LogP contribution in [-0.4, -0.2) is 41.0 Å². The van der Waals surface area contributed by atoms with Crippen LogP contribution in [0.3, 0.4) is 0 Å². The molecule has 1 amide bonds. The minimum absolute atomic E-state index is 0.0337. The van der Waals surface area contributed by atoms with Crippen LogP contribution in [0, 0.1) is 0 Å². The summed E-state index contributed by atoms with van der Waals surface area (Å²) in [6, 6.07) is 8.11. The summed E-state index contributed by atoms with van der Waals surface area (Å²) < 4.78 is 12.8. The molecule has 7 nitrogen and oxygen atoms in total. The lowest BCUT2D eigenvalue weighted by atomic mass is 10.1. The van der Waals surface area contributed by atoms with Gasteiger partial charge in [0, 0.05) is 32.9 Å². The summed E-state index contributed by atoms with van der Waals surface area (Å²) in [6.45, 7) is 2.69. The van der Waals surface area contributed by atoms with Gasteiger partial charge in [-0.05, 0) is 23.8 Å². The number of nitrogens with one attached hydrogen (secondary N) is 1. The maximum atomic E-state index is 11.8. The van der Waals surface area contributed by atoms with E-state index in [0.717, 1.165) is 36.8 Å². The first kappa shape index (κ1) is 15.0. The number of hydrogen-bond acceptors (Lipinski definition) is 5. The first-order valence-corrected chi connectivity index (χ1v) is 8.07. The van der Waals surface area contributed by atoms with E-state index in [2.05, 4.69) is 21.4 Å². The van der Waals surface area contributed by atoms with Crippen molar-refractivity contribution in [2.24, 2.45) is 0 Å². The van der Waals surface area contributed by atoms with Gasteiger partial charge in [0.15, 0.2) is 11.5 Å². The van der Waals surface area contributed by atoms with Crippen molar-refractivity contribution in [3.8, 4) is 11.5 Å². The Morgan fingerprint density at radius 1 is 1.33 bits per heavy atom. The van der Waals surface area contributed by atoms with Crippen molar-refractivity contribution in [2.75, 3.05) is 20.4 Å². The number of rotatable bonds is 4. The number of benzene rings is 1. The van der Waals surface area contributed by atoms with Crippen LogP contribution in [0.25, 0.3) is 0 Å².